The molecule has 2 aromatic rings. The van der Waals surface area contributed by atoms with Crippen molar-refractivity contribution in [2.24, 2.45) is 0 Å². The molecule has 1 fully saturated rings. The second-order valence-electron chi connectivity index (χ2n) is 6.25. The zero-order chi connectivity index (χ0) is 16.8. The van der Waals surface area contributed by atoms with Gasteiger partial charge in [0.2, 0.25) is 0 Å². The highest BCUT2D eigenvalue weighted by Crippen LogP contribution is 2.17. The molecule has 1 saturated heterocycles. The fourth-order valence-electron chi connectivity index (χ4n) is 3.14. The molecule has 0 saturated carbocycles. The van der Waals surface area contributed by atoms with E-state index in [9.17, 15) is 9.90 Å². The van der Waals surface area contributed by atoms with E-state index in [4.69, 9.17) is 0 Å². The maximum Gasteiger partial charge on any atom is 0.256 e. The van der Waals surface area contributed by atoms with Gasteiger partial charge in [0.25, 0.3) is 5.91 Å². The van der Waals surface area contributed by atoms with Crippen LogP contribution in [-0.4, -0.2) is 47.0 Å². The van der Waals surface area contributed by atoms with Crippen LogP contribution in [0.4, 0.5) is 0 Å². The summed E-state index contributed by atoms with van der Waals surface area (Å²) in [6.07, 6.45) is -0.132. The van der Waals surface area contributed by atoms with Crippen molar-refractivity contribution in [1.29, 1.82) is 0 Å². The van der Waals surface area contributed by atoms with Crippen LogP contribution < -0.4 is 0 Å². The summed E-state index contributed by atoms with van der Waals surface area (Å²) in [5, 5.41) is 10.3. The van der Waals surface area contributed by atoms with Crippen molar-refractivity contribution >= 4 is 5.91 Å². The number of carbonyl (C=O) groups excluding carboxylic acids is 1. The van der Waals surface area contributed by atoms with Crippen molar-refractivity contribution in [3.8, 4) is 0 Å². The van der Waals surface area contributed by atoms with E-state index in [0.717, 1.165) is 26.1 Å². The van der Waals surface area contributed by atoms with Crippen LogP contribution in [0.5, 0.6) is 0 Å². The van der Waals surface area contributed by atoms with Crippen LogP contribution in [0.2, 0.25) is 0 Å². The monoisotopic (exact) mass is 324 g/mol. The number of hydrogen-bond acceptors (Lipinski definition) is 3. The van der Waals surface area contributed by atoms with E-state index in [1.807, 2.05) is 24.3 Å². The van der Waals surface area contributed by atoms with Crippen LogP contribution in [0.15, 0.2) is 60.7 Å². The first-order valence-electron chi connectivity index (χ1n) is 8.52. The third kappa shape index (κ3) is 4.22. The Balaban J connectivity index is 1.58. The zero-order valence-corrected chi connectivity index (χ0v) is 13.8. The highest BCUT2D eigenvalue weighted by atomic mass is 16.3. The molecule has 0 aliphatic carbocycles. The number of amides is 1. The van der Waals surface area contributed by atoms with Gasteiger partial charge in [0.05, 0.1) is 0 Å². The second-order valence-corrected chi connectivity index (χ2v) is 6.25. The lowest BCUT2D eigenvalue weighted by atomic mass is 10.1. The average molecular weight is 324 g/mol. The van der Waals surface area contributed by atoms with Gasteiger partial charge in [-0.05, 0) is 17.5 Å². The maximum absolute atomic E-state index is 12.6. The van der Waals surface area contributed by atoms with Crippen LogP contribution >= 0.6 is 0 Å². The first-order valence-corrected chi connectivity index (χ1v) is 8.52. The molecular weight excluding hydrogens is 300 g/mol. The SMILES string of the molecule is O=C(C(O)c1ccccc1)N1CCCN(Cc2ccccc2)CC1. The summed E-state index contributed by atoms with van der Waals surface area (Å²) >= 11 is 0. The van der Waals surface area contributed by atoms with Gasteiger partial charge in [-0.1, -0.05) is 60.7 Å². The van der Waals surface area contributed by atoms with E-state index < -0.39 is 6.10 Å². The lowest BCUT2D eigenvalue weighted by Gasteiger charge is -2.24. The van der Waals surface area contributed by atoms with E-state index in [-0.39, 0.29) is 5.91 Å². The third-order valence-corrected chi connectivity index (χ3v) is 4.50. The molecule has 0 bridgehead atoms. The van der Waals surface area contributed by atoms with Gasteiger partial charge >= 0.3 is 0 Å². The van der Waals surface area contributed by atoms with E-state index in [0.29, 0.717) is 18.7 Å². The van der Waals surface area contributed by atoms with Crippen molar-refractivity contribution in [3.05, 3.63) is 71.8 Å². The molecule has 4 nitrogen and oxygen atoms in total. The summed E-state index contributed by atoms with van der Waals surface area (Å²) in [4.78, 5) is 16.7. The Bertz CT molecular complexity index is 645. The van der Waals surface area contributed by atoms with Gasteiger partial charge in [0.15, 0.2) is 6.10 Å². The highest BCUT2D eigenvalue weighted by molar-refractivity contribution is 5.82. The van der Waals surface area contributed by atoms with Crippen molar-refractivity contribution in [2.45, 2.75) is 19.1 Å². The predicted octanol–water partition coefficient (Wildman–Crippen LogP) is 2.45. The minimum Gasteiger partial charge on any atom is -0.378 e. The summed E-state index contributed by atoms with van der Waals surface area (Å²) in [5.41, 5.74) is 1.95. The van der Waals surface area contributed by atoms with Crippen LogP contribution in [0, 0.1) is 0 Å². The average Bonchev–Trinajstić information content (AvgIpc) is 2.88. The fourth-order valence-corrected chi connectivity index (χ4v) is 3.14. The van der Waals surface area contributed by atoms with Gasteiger partial charge in [0, 0.05) is 32.7 Å². The molecule has 0 aromatic heterocycles. The Morgan fingerprint density at radius 1 is 0.917 bits per heavy atom. The van der Waals surface area contributed by atoms with Crippen LogP contribution in [0.3, 0.4) is 0 Å². The molecule has 4 heteroatoms. The van der Waals surface area contributed by atoms with Crippen molar-refractivity contribution in [1.82, 2.24) is 9.80 Å². The molecule has 126 valence electrons. The van der Waals surface area contributed by atoms with E-state index >= 15 is 0 Å². The molecule has 1 heterocycles. The van der Waals surface area contributed by atoms with Gasteiger partial charge in [-0.3, -0.25) is 9.69 Å². The maximum atomic E-state index is 12.6. The van der Waals surface area contributed by atoms with Crippen molar-refractivity contribution in [2.75, 3.05) is 26.2 Å². The molecule has 1 unspecified atom stereocenters. The van der Waals surface area contributed by atoms with E-state index in [1.165, 1.54) is 5.56 Å². The van der Waals surface area contributed by atoms with Crippen molar-refractivity contribution in [3.63, 3.8) is 0 Å². The van der Waals surface area contributed by atoms with Gasteiger partial charge in [0.1, 0.15) is 0 Å². The number of carbonyl (C=O) groups is 1. The normalized spacial score (nSPS) is 17.3. The number of aliphatic hydroxyl groups excluding tert-OH is 1. The smallest absolute Gasteiger partial charge is 0.256 e. The lowest BCUT2D eigenvalue weighted by Crippen LogP contribution is -2.38. The number of benzene rings is 2. The molecule has 2 aromatic carbocycles. The molecule has 1 amide bonds. The number of nitrogens with zero attached hydrogens (tertiary/aromatic N) is 2. The molecule has 0 radical (unpaired) electrons. The fraction of sp³-hybridized carbons (Fsp3) is 0.350. The molecule has 3 rings (SSSR count). The summed E-state index contributed by atoms with van der Waals surface area (Å²) in [6, 6.07) is 19.6. The molecule has 24 heavy (non-hydrogen) atoms. The Labute approximate surface area is 143 Å². The standard InChI is InChI=1S/C20H24N2O2/c23-19(18-10-5-2-6-11-18)20(24)22-13-7-12-21(14-15-22)16-17-8-3-1-4-9-17/h1-6,8-11,19,23H,7,12-16H2. The van der Waals surface area contributed by atoms with E-state index in [2.05, 4.69) is 29.2 Å². The Hall–Kier alpha value is -2.17. The van der Waals surface area contributed by atoms with Gasteiger partial charge < -0.3 is 10.0 Å². The van der Waals surface area contributed by atoms with Gasteiger partial charge in [-0.25, -0.2) is 0 Å². The molecule has 0 spiro atoms. The first-order chi connectivity index (χ1) is 11.7. The Kier molecular flexibility index (Phi) is 5.62. The predicted molar refractivity (Wildman–Crippen MR) is 94.3 cm³/mol. The molecule has 1 aliphatic heterocycles. The number of aliphatic hydroxyl groups is 1. The first kappa shape index (κ1) is 16.7. The molecule has 1 N–H and O–H groups in total. The molecule has 1 aliphatic rings. The summed E-state index contributed by atoms with van der Waals surface area (Å²) in [7, 11) is 0. The van der Waals surface area contributed by atoms with E-state index in [1.54, 1.807) is 17.0 Å². The highest BCUT2D eigenvalue weighted by Gasteiger charge is 2.25. The third-order valence-electron chi connectivity index (χ3n) is 4.50. The topological polar surface area (TPSA) is 43.8 Å². The van der Waals surface area contributed by atoms with Crippen molar-refractivity contribution < 1.29 is 9.90 Å². The Morgan fingerprint density at radius 2 is 1.58 bits per heavy atom. The molecule has 1 atom stereocenters. The quantitative estimate of drug-likeness (QED) is 0.939. The summed E-state index contributed by atoms with van der Waals surface area (Å²) < 4.78 is 0. The van der Waals surface area contributed by atoms with Gasteiger partial charge in [-0.2, -0.15) is 0 Å². The lowest BCUT2D eigenvalue weighted by molar-refractivity contribution is -0.140. The van der Waals surface area contributed by atoms with Crippen LogP contribution in [0.1, 0.15) is 23.7 Å². The molecular formula is C20H24N2O2. The number of rotatable bonds is 4. The summed E-state index contributed by atoms with van der Waals surface area (Å²) in [6.45, 7) is 4.08. The second kappa shape index (κ2) is 8.08. The minimum atomic E-state index is -1.06. The minimum absolute atomic E-state index is 0.192. The summed E-state index contributed by atoms with van der Waals surface area (Å²) in [5.74, 6) is -0.192. The number of hydrogen-bond donors (Lipinski definition) is 1. The largest absolute Gasteiger partial charge is 0.378 e. The van der Waals surface area contributed by atoms with Gasteiger partial charge in [-0.15, -0.1) is 0 Å². The Morgan fingerprint density at radius 3 is 2.29 bits per heavy atom. The zero-order valence-electron chi connectivity index (χ0n) is 13.8. The van der Waals surface area contributed by atoms with Crippen LogP contribution in [0.25, 0.3) is 0 Å². The van der Waals surface area contributed by atoms with Crippen LogP contribution in [-0.2, 0) is 11.3 Å².